The molecule has 624 valence electrons. The molecule has 1 aliphatic carbocycles. The van der Waals surface area contributed by atoms with Crippen molar-refractivity contribution in [3.63, 3.8) is 0 Å². The number of nitrogens with zero attached hydrogens (tertiary/aromatic N) is 8. The number of carbonyl (C=O) groups excluding carboxylic acids is 6. The van der Waals surface area contributed by atoms with E-state index in [-0.39, 0.29) is 127 Å². The van der Waals surface area contributed by atoms with Crippen LogP contribution in [-0.2, 0) is 79.1 Å². The third-order valence-corrected chi connectivity index (χ3v) is 23.7. The maximum Gasteiger partial charge on any atom is 0.328 e. The summed E-state index contributed by atoms with van der Waals surface area (Å²) < 4.78 is 39.9. The first kappa shape index (κ1) is 87.6. The number of likely N-dealkylation sites (tertiary alicyclic amines) is 1. The van der Waals surface area contributed by atoms with Gasteiger partial charge in [-0.05, 0) is 138 Å². The second-order valence-corrected chi connectivity index (χ2v) is 32.8. The Morgan fingerprint density at radius 2 is 1.18 bits per heavy atom. The molecule has 3 aromatic heterocycles. The highest BCUT2D eigenvalue weighted by Gasteiger charge is 2.39. The van der Waals surface area contributed by atoms with Crippen molar-refractivity contribution in [3.8, 4) is 12.4 Å². The molecule has 1 fully saturated rings. The number of halogens is 6. The van der Waals surface area contributed by atoms with Crippen LogP contribution in [0.25, 0.3) is 21.7 Å². The zero-order valence-electron chi connectivity index (χ0n) is 63.8. The van der Waals surface area contributed by atoms with Crippen molar-refractivity contribution in [2.24, 2.45) is 10.7 Å². The van der Waals surface area contributed by atoms with Gasteiger partial charge in [0.05, 0.1) is 59.6 Å². The molecule has 0 radical (unpaired) electrons. The van der Waals surface area contributed by atoms with E-state index in [1.807, 2.05) is 72.6 Å². The van der Waals surface area contributed by atoms with Crippen molar-refractivity contribution in [2.45, 2.75) is 107 Å². The van der Waals surface area contributed by atoms with Gasteiger partial charge in [0.2, 0.25) is 20.9 Å². The molecule has 0 bridgehead atoms. The third kappa shape index (κ3) is 19.9. The molecule has 6 aliphatic rings. The number of nitrogens with two attached hydrogens (primary N) is 1. The Labute approximate surface area is 715 Å². The predicted octanol–water partition coefficient (Wildman–Crippen LogP) is 9.33. The number of carboxylic acid groups (broad SMARTS) is 3. The zero-order chi connectivity index (χ0) is 86.1. The van der Waals surface area contributed by atoms with Gasteiger partial charge in [0.25, 0.3) is 35.4 Å². The highest BCUT2D eigenvalue weighted by molar-refractivity contribution is 7.90. The Balaban J connectivity index is 0.000000165. The van der Waals surface area contributed by atoms with Gasteiger partial charge in [-0.3, -0.25) is 55.4 Å². The Morgan fingerprint density at radius 1 is 0.642 bits per heavy atom. The molecule has 2 unspecified atom stereocenters. The molecule has 0 saturated carbocycles. The number of amides is 6. The first-order chi connectivity index (χ1) is 57.3. The molecule has 6 amide bonds. The molecule has 39 heteroatoms. The topological polar surface area (TPSA) is 468 Å². The van der Waals surface area contributed by atoms with Crippen LogP contribution >= 0.6 is 69.6 Å². The maximum atomic E-state index is 13.4. The summed E-state index contributed by atoms with van der Waals surface area (Å²) in [6.07, 6.45) is 15.8. The number of allylic oxidation sites excluding steroid dienone is 2. The van der Waals surface area contributed by atoms with Crippen molar-refractivity contribution in [1.82, 2.24) is 56.5 Å². The predicted molar refractivity (Wildman–Crippen MR) is 442 cm³/mol. The lowest BCUT2D eigenvalue weighted by Gasteiger charge is -2.30. The normalized spacial score (nSPS) is 16.3. The highest BCUT2D eigenvalue weighted by Crippen LogP contribution is 2.41. The van der Waals surface area contributed by atoms with Gasteiger partial charge in [-0.25, -0.2) is 27.8 Å². The lowest BCUT2D eigenvalue weighted by Crippen LogP contribution is -2.54. The molecule has 0 spiro atoms. The number of hydrogen-bond acceptors (Lipinski definition) is 21. The van der Waals surface area contributed by atoms with Crippen LogP contribution in [0.15, 0.2) is 151 Å². The Morgan fingerprint density at radius 3 is 1.72 bits per heavy atom. The van der Waals surface area contributed by atoms with Crippen LogP contribution in [0.1, 0.15) is 117 Å². The number of guanidine groups is 1. The smallest absolute Gasteiger partial charge is 0.328 e. The molecule has 8 heterocycles. The van der Waals surface area contributed by atoms with E-state index in [0.29, 0.717) is 114 Å². The van der Waals surface area contributed by atoms with Crippen molar-refractivity contribution >= 4 is 160 Å². The van der Waals surface area contributed by atoms with Gasteiger partial charge >= 0.3 is 17.9 Å². The van der Waals surface area contributed by atoms with Gasteiger partial charge in [-0.15, -0.1) is 0 Å². The minimum Gasteiger partial charge on any atom is -0.480 e. The summed E-state index contributed by atoms with van der Waals surface area (Å²) in [4.78, 5) is 130. The minimum absolute atomic E-state index is 0.00845. The molecule has 5 aliphatic heterocycles. The fourth-order valence-corrected chi connectivity index (χ4v) is 17.3. The number of furan rings is 2. The molecule has 5 aromatic carbocycles. The largest absolute Gasteiger partial charge is 0.480 e. The fraction of sp³-hybridized carbons (Fsp3) is 0.296. The summed E-state index contributed by atoms with van der Waals surface area (Å²) >= 11 is 39.2. The number of carboxylic acids is 3. The molecule has 32 nitrogen and oxygen atoms in total. The number of sulfone groups is 1. The van der Waals surface area contributed by atoms with Crippen LogP contribution in [0, 0.1) is 22.9 Å². The van der Waals surface area contributed by atoms with Crippen LogP contribution in [0.4, 0.5) is 0 Å². The monoisotopic (exact) mass is 1770 g/mol. The van der Waals surface area contributed by atoms with Crippen LogP contribution in [-0.4, -0.2) is 190 Å². The second-order valence-electron chi connectivity index (χ2n) is 28.4. The Kier molecular flexibility index (Phi) is 27.8. The molecule has 8 aromatic rings. The second kappa shape index (κ2) is 38.1. The number of carbonyl (C=O) groups is 9. The van der Waals surface area contributed by atoms with Gasteiger partial charge in [0.1, 0.15) is 47.6 Å². The number of nitrogens with one attached hydrogen (secondary N) is 6. The van der Waals surface area contributed by atoms with Crippen molar-refractivity contribution in [2.75, 3.05) is 52.1 Å². The summed E-state index contributed by atoms with van der Waals surface area (Å²) in [7, 11) is -3.62. The van der Waals surface area contributed by atoms with E-state index in [1.165, 1.54) is 12.1 Å². The van der Waals surface area contributed by atoms with Gasteiger partial charge in [-0.2, -0.15) is 10.5 Å². The van der Waals surface area contributed by atoms with Crippen molar-refractivity contribution in [3.05, 3.63) is 230 Å². The summed E-state index contributed by atoms with van der Waals surface area (Å²) in [5.74, 6) is -6.32. The summed E-state index contributed by atoms with van der Waals surface area (Å²) in [5.41, 5.74) is 12.6. The molecule has 5 atom stereocenters. The van der Waals surface area contributed by atoms with E-state index >= 15 is 0 Å². The zero-order valence-corrected chi connectivity index (χ0v) is 69.1. The molecule has 14 rings (SSSR count). The summed E-state index contributed by atoms with van der Waals surface area (Å²) in [6, 6.07) is 19.4. The summed E-state index contributed by atoms with van der Waals surface area (Å²) in [6.45, 7) is 4.41. The fourth-order valence-electron chi connectivity index (χ4n) is 14.4. The standard InChI is InChI=1S/C29H30Cl2N6O5.C28H23Cl2N3O7S.C24H22Cl2N6O5/c1-16-18-6-2-3-7-22(18)42-25(16)27(39)37-11-8-19-17(14-37)12-20(30)23(24(19)31)26(38)35-21(28(40)41)13-33-29(34-15-32)36-9-4-5-10-36;1-41(38,39)23-7-6-18(40-23)12-22(28(36)37)32-26(34)24-20(29)10-17-14-33(9-8-19(17)25(24)30)27(35)21-11-15-4-2-3-5-16(15)13-31-21;25-16-7-14-10-32(22(34)13-2-1-12-4-6-37-18(12)8-13)5-3-15(14)20(26)19(16)21(33)31-17(23(35)36)9-29-24(28)30-11-27/h2-3,6,12,21-22H,4-5,7-11,13-14H2,1H3,(H,33,34)(H,35,38)(H,40,41);2-7,10-11,13,22H,8-9,12,14H2,1H3,(H,32,34)(H,36,37);1-2,4,6-8,17,24,29-30H,3,5,9-10,28H2,(H,31,33)(H,35,36)/t21-,22?;22-;17-,24?/m000/s1. The molecular formula is C81H75Cl6N15O17S. The summed E-state index contributed by atoms with van der Waals surface area (Å²) in [5, 5.41) is 63.8. The number of rotatable bonds is 21. The highest BCUT2D eigenvalue weighted by atomic mass is 35.5. The average molecular weight is 1780 g/mol. The maximum absolute atomic E-state index is 13.4. The van der Waals surface area contributed by atoms with Gasteiger partial charge in [0.15, 0.2) is 18.1 Å². The number of aliphatic carboxylic acids is 3. The first-order valence-electron chi connectivity index (χ1n) is 37.2. The number of nitriles is 2. The Hall–Kier alpha value is -11.8. The number of aliphatic imine (C=N–C) groups is 1. The van der Waals surface area contributed by atoms with E-state index in [4.69, 9.17) is 99.4 Å². The molecule has 1 saturated heterocycles. The van der Waals surface area contributed by atoms with E-state index in [2.05, 4.69) is 41.9 Å². The Bertz CT molecular complexity index is 5830. The first-order valence-corrected chi connectivity index (χ1v) is 41.4. The van der Waals surface area contributed by atoms with Crippen molar-refractivity contribution in [1.29, 1.82) is 10.5 Å². The third-order valence-electron chi connectivity index (χ3n) is 20.6. The van der Waals surface area contributed by atoms with Gasteiger partial charge < -0.3 is 64.4 Å². The minimum atomic E-state index is -3.62. The number of aromatic nitrogens is 1. The molecule has 120 heavy (non-hydrogen) atoms. The number of hydrogen-bond donors (Lipinski definition) is 10. The molecular weight excluding hydrogens is 1700 g/mol. The van der Waals surface area contributed by atoms with Crippen LogP contribution in [0.2, 0.25) is 30.1 Å². The van der Waals surface area contributed by atoms with Gasteiger partial charge in [-0.1, -0.05) is 118 Å². The van der Waals surface area contributed by atoms with Crippen LogP contribution in [0.5, 0.6) is 0 Å². The van der Waals surface area contributed by atoms with E-state index in [0.717, 1.165) is 46.4 Å². The van der Waals surface area contributed by atoms with E-state index in [1.54, 1.807) is 69.8 Å². The van der Waals surface area contributed by atoms with E-state index in [9.17, 15) is 66.9 Å². The number of benzene rings is 5. The van der Waals surface area contributed by atoms with Gasteiger partial charge in [0, 0.05) is 106 Å². The molecule has 11 N–H and O–H groups in total. The number of pyridine rings is 1. The lowest BCUT2D eigenvalue weighted by atomic mass is 9.95. The quantitative estimate of drug-likeness (QED) is 0.0105. The van der Waals surface area contributed by atoms with Crippen LogP contribution in [0.3, 0.4) is 0 Å². The van der Waals surface area contributed by atoms with Crippen LogP contribution < -0.4 is 37.6 Å². The SMILES string of the molecule is CC1=C(C(=O)N2CCc3c(cc(Cl)c(C(=O)N[C@@H](CN=C(NC#N)N4CCCC4)C(=O)O)c3Cl)C2)OC2CC=CC=C12.CS(=O)(=O)c1ccc(C[C@H](NC(=O)c2c(Cl)cc3c(c2Cl)CCN(C(=O)c2cc4ccccc4cn2)C3)C(=O)O)o1.N#CNC(N)NC[C@H](NC(=O)c1c(Cl)cc2c(c1Cl)CCN(C(=O)c1ccc3ccoc3c1)C2)C(=O)O. The lowest BCUT2D eigenvalue weighted by molar-refractivity contribution is -0.140. The van der Waals surface area contributed by atoms with E-state index < -0.39 is 69.9 Å². The number of fused-ring (bicyclic) bond motifs is 6. The number of ether oxygens (including phenoxy) is 1. The average Bonchev–Trinajstić information content (AvgIpc) is 1.61. The van der Waals surface area contributed by atoms with Crippen molar-refractivity contribution < 1.29 is 80.5 Å².